The predicted octanol–water partition coefficient (Wildman–Crippen LogP) is 2.73. The molecule has 4 fully saturated rings. The minimum Gasteiger partial charge on any atom is -0.493 e. The van der Waals surface area contributed by atoms with Crippen molar-refractivity contribution >= 4 is 5.78 Å². The number of likely N-dealkylation sites (N-methyl/N-ethyl adjacent to an activating group) is 1. The van der Waals surface area contributed by atoms with E-state index in [1.807, 2.05) is 0 Å². The number of carbonyl (C=O) groups excluding carboxylic acids is 1. The van der Waals surface area contributed by atoms with Crippen molar-refractivity contribution in [1.82, 2.24) is 4.90 Å². The summed E-state index contributed by atoms with van der Waals surface area (Å²) >= 11 is 0. The minimum atomic E-state index is -0.535. The SMILES string of the molecule is COc1ccc2c3c1O[C@@H]1[C@@]4(OC)CC[C@@]5(C[C@@H]4C(C)=O)[C@@H](C2)N(C)CC[C@]315. The van der Waals surface area contributed by atoms with Crippen molar-refractivity contribution in [3.63, 3.8) is 0 Å². The van der Waals surface area contributed by atoms with Gasteiger partial charge in [-0.15, -0.1) is 0 Å². The lowest BCUT2D eigenvalue weighted by Gasteiger charge is -2.73. The average molecular weight is 383 g/mol. The van der Waals surface area contributed by atoms with Crippen molar-refractivity contribution in [3.8, 4) is 11.5 Å². The first-order valence-electron chi connectivity index (χ1n) is 10.6. The number of benzene rings is 1. The van der Waals surface area contributed by atoms with Crippen LogP contribution in [-0.4, -0.2) is 56.2 Å². The van der Waals surface area contributed by atoms with E-state index in [-0.39, 0.29) is 28.6 Å². The molecule has 150 valence electrons. The first-order valence-corrected chi connectivity index (χ1v) is 10.6. The van der Waals surface area contributed by atoms with Gasteiger partial charge in [0, 0.05) is 29.5 Å². The van der Waals surface area contributed by atoms with E-state index in [1.165, 1.54) is 11.1 Å². The summed E-state index contributed by atoms with van der Waals surface area (Å²) in [5.41, 5.74) is 2.25. The van der Waals surface area contributed by atoms with E-state index in [1.54, 1.807) is 21.1 Å². The average Bonchev–Trinajstić information content (AvgIpc) is 3.07. The van der Waals surface area contributed by atoms with Crippen molar-refractivity contribution < 1.29 is 19.0 Å². The van der Waals surface area contributed by atoms with Crippen LogP contribution in [0.2, 0.25) is 0 Å². The smallest absolute Gasteiger partial charge is 0.165 e. The van der Waals surface area contributed by atoms with Crippen molar-refractivity contribution in [3.05, 3.63) is 23.3 Å². The Morgan fingerprint density at radius 2 is 2.07 bits per heavy atom. The highest BCUT2D eigenvalue weighted by molar-refractivity contribution is 5.81. The van der Waals surface area contributed by atoms with E-state index in [0.29, 0.717) is 6.04 Å². The number of fused-ring (bicyclic) bond motifs is 2. The number of piperidine rings is 1. The number of ketones is 1. The number of nitrogens with zero attached hydrogens (tertiary/aromatic N) is 1. The molecule has 2 spiro atoms. The van der Waals surface area contributed by atoms with E-state index in [4.69, 9.17) is 14.2 Å². The van der Waals surface area contributed by atoms with Gasteiger partial charge in [0.25, 0.3) is 0 Å². The standard InChI is InChI=1S/C23H29NO4/c1-13(25)15-12-21-7-8-23(15,27-4)20-22(21)9-10-24(2)17(21)11-14-5-6-16(26-3)19(28-20)18(14)22/h5-6,15,17,20H,7-12H2,1-4H3/t15-,17-,20+,21-,22+,23-/m1/s1. The van der Waals surface area contributed by atoms with Crippen molar-refractivity contribution in [2.45, 2.75) is 62.2 Å². The topological polar surface area (TPSA) is 48.0 Å². The van der Waals surface area contributed by atoms with Crippen molar-refractivity contribution in [2.75, 3.05) is 27.8 Å². The van der Waals surface area contributed by atoms with Crippen LogP contribution in [0.5, 0.6) is 11.5 Å². The summed E-state index contributed by atoms with van der Waals surface area (Å²) in [5, 5.41) is 0. The first-order chi connectivity index (χ1) is 13.4. The van der Waals surface area contributed by atoms with Gasteiger partial charge >= 0.3 is 0 Å². The van der Waals surface area contributed by atoms with Crippen LogP contribution in [0.25, 0.3) is 0 Å². The zero-order valence-electron chi connectivity index (χ0n) is 17.2. The minimum absolute atomic E-state index is 0.0676. The molecule has 2 heterocycles. The summed E-state index contributed by atoms with van der Waals surface area (Å²) in [6, 6.07) is 4.75. The summed E-state index contributed by atoms with van der Waals surface area (Å²) in [6.45, 7) is 2.80. The zero-order chi connectivity index (χ0) is 19.5. The van der Waals surface area contributed by atoms with Crippen LogP contribution in [-0.2, 0) is 21.4 Å². The fourth-order valence-corrected chi connectivity index (χ4v) is 8.30. The van der Waals surface area contributed by atoms with Crippen LogP contribution >= 0.6 is 0 Å². The van der Waals surface area contributed by atoms with Gasteiger partial charge in [-0.2, -0.15) is 0 Å². The Kier molecular flexibility index (Phi) is 3.16. The number of likely N-dealkylation sites (tertiary alicyclic amines) is 1. The van der Waals surface area contributed by atoms with Gasteiger partial charge < -0.3 is 19.1 Å². The number of hydrogen-bond donors (Lipinski definition) is 0. The maximum atomic E-state index is 12.8. The molecule has 5 heteroatoms. The highest BCUT2D eigenvalue weighted by atomic mass is 16.6. The molecule has 4 bridgehead atoms. The fourth-order valence-electron chi connectivity index (χ4n) is 8.30. The molecule has 1 aromatic rings. The van der Waals surface area contributed by atoms with E-state index < -0.39 is 5.60 Å². The summed E-state index contributed by atoms with van der Waals surface area (Å²) in [4.78, 5) is 15.4. The molecule has 6 aliphatic rings. The highest BCUT2D eigenvalue weighted by Gasteiger charge is 2.80. The second-order valence-electron chi connectivity index (χ2n) is 9.73. The van der Waals surface area contributed by atoms with Gasteiger partial charge in [-0.05, 0) is 64.3 Å². The molecule has 0 amide bonds. The Morgan fingerprint density at radius 3 is 2.79 bits per heavy atom. The number of rotatable bonds is 3. The van der Waals surface area contributed by atoms with Crippen LogP contribution in [0.4, 0.5) is 0 Å². The maximum absolute atomic E-state index is 12.8. The third kappa shape index (κ3) is 1.53. The van der Waals surface area contributed by atoms with Crippen LogP contribution in [0.15, 0.2) is 12.1 Å². The summed E-state index contributed by atoms with van der Waals surface area (Å²) in [5.74, 6) is 1.89. The summed E-state index contributed by atoms with van der Waals surface area (Å²) in [6.07, 6.45) is 4.91. The fraction of sp³-hybridized carbons (Fsp3) is 0.696. The van der Waals surface area contributed by atoms with Gasteiger partial charge in [0.15, 0.2) is 11.5 Å². The third-order valence-electron chi connectivity index (χ3n) is 9.32. The Bertz CT molecular complexity index is 899. The normalized spacial score (nSPS) is 44.8. The third-order valence-corrected chi connectivity index (χ3v) is 9.32. The molecule has 0 unspecified atom stereocenters. The highest BCUT2D eigenvalue weighted by Crippen LogP contribution is 2.76. The number of hydrogen-bond acceptors (Lipinski definition) is 5. The first kappa shape index (κ1) is 17.3. The van der Waals surface area contributed by atoms with Crippen molar-refractivity contribution in [2.24, 2.45) is 11.3 Å². The lowest BCUT2D eigenvalue weighted by atomic mass is 9.34. The molecular weight excluding hydrogens is 354 g/mol. The Balaban J connectivity index is 1.69. The molecule has 28 heavy (non-hydrogen) atoms. The van der Waals surface area contributed by atoms with E-state index in [2.05, 4.69) is 24.1 Å². The maximum Gasteiger partial charge on any atom is 0.165 e. The molecule has 1 saturated heterocycles. The van der Waals surface area contributed by atoms with E-state index >= 15 is 0 Å². The second-order valence-corrected chi connectivity index (χ2v) is 9.73. The van der Waals surface area contributed by atoms with E-state index in [9.17, 15) is 4.79 Å². The van der Waals surface area contributed by atoms with Gasteiger partial charge in [-0.25, -0.2) is 0 Å². The number of carbonyl (C=O) groups is 1. The molecule has 2 aliphatic heterocycles. The number of ether oxygens (including phenoxy) is 3. The van der Waals surface area contributed by atoms with Crippen LogP contribution < -0.4 is 9.47 Å². The van der Waals surface area contributed by atoms with Crippen LogP contribution in [0.1, 0.15) is 43.7 Å². The monoisotopic (exact) mass is 383 g/mol. The van der Waals surface area contributed by atoms with Gasteiger partial charge in [0.1, 0.15) is 17.5 Å². The number of Topliss-reactive ketones (excluding diaryl/α,β-unsaturated/α-hetero) is 1. The molecule has 0 aromatic heterocycles. The molecule has 7 rings (SSSR count). The molecule has 4 aliphatic carbocycles. The molecular formula is C23H29NO4. The molecule has 5 nitrogen and oxygen atoms in total. The Hall–Kier alpha value is -1.59. The predicted molar refractivity (Wildman–Crippen MR) is 104 cm³/mol. The number of methoxy groups -OCH3 is 2. The quantitative estimate of drug-likeness (QED) is 0.803. The van der Waals surface area contributed by atoms with Crippen molar-refractivity contribution in [1.29, 1.82) is 0 Å². The Labute approximate surface area is 166 Å². The lowest BCUT2D eigenvalue weighted by Crippen LogP contribution is -2.81. The molecule has 1 aromatic carbocycles. The van der Waals surface area contributed by atoms with Gasteiger partial charge in [0.05, 0.1) is 13.0 Å². The van der Waals surface area contributed by atoms with Gasteiger partial charge in [0.2, 0.25) is 0 Å². The molecule has 3 saturated carbocycles. The van der Waals surface area contributed by atoms with Gasteiger partial charge in [-0.3, -0.25) is 4.79 Å². The van der Waals surface area contributed by atoms with Crippen LogP contribution in [0.3, 0.4) is 0 Å². The van der Waals surface area contributed by atoms with Gasteiger partial charge in [-0.1, -0.05) is 6.07 Å². The molecule has 0 N–H and O–H groups in total. The lowest BCUT2D eigenvalue weighted by molar-refractivity contribution is -0.270. The van der Waals surface area contributed by atoms with Crippen LogP contribution in [0, 0.1) is 11.3 Å². The second kappa shape index (κ2) is 5.11. The summed E-state index contributed by atoms with van der Waals surface area (Å²) in [7, 11) is 5.77. The Morgan fingerprint density at radius 1 is 1.25 bits per heavy atom. The zero-order valence-corrected chi connectivity index (χ0v) is 17.2. The molecule has 0 radical (unpaired) electrons. The van der Waals surface area contributed by atoms with E-state index in [0.717, 1.165) is 50.1 Å². The summed E-state index contributed by atoms with van der Waals surface area (Å²) < 4.78 is 18.8. The largest absolute Gasteiger partial charge is 0.493 e. The molecule has 6 atom stereocenters.